The topological polar surface area (TPSA) is 151 Å². The summed E-state index contributed by atoms with van der Waals surface area (Å²) >= 11 is 0. The Morgan fingerprint density at radius 1 is 0.972 bits per heavy atom. The predicted molar refractivity (Wildman–Crippen MR) is 130 cm³/mol. The first-order chi connectivity index (χ1) is 17.2. The number of unbranched alkanes of at least 4 members (excludes halogenated alkanes) is 2. The van der Waals surface area contributed by atoms with E-state index in [2.05, 4.69) is 20.7 Å². The van der Waals surface area contributed by atoms with E-state index in [1.54, 1.807) is 38.1 Å². The third-order valence-electron chi connectivity index (χ3n) is 5.43. The highest BCUT2D eigenvalue weighted by molar-refractivity contribution is 6.12. The quantitative estimate of drug-likeness (QED) is 0.185. The number of hydrogen-bond acceptors (Lipinski definition) is 7. The summed E-state index contributed by atoms with van der Waals surface area (Å²) in [5.41, 5.74) is 1.28. The number of rotatable bonds is 15. The van der Waals surface area contributed by atoms with Crippen LogP contribution in [0.4, 0.5) is 5.69 Å². The number of amides is 5. The Morgan fingerprint density at radius 3 is 2.25 bits per heavy atom. The van der Waals surface area contributed by atoms with Gasteiger partial charge in [-0.25, -0.2) is 0 Å². The van der Waals surface area contributed by atoms with Gasteiger partial charge in [0.2, 0.25) is 17.7 Å². The molecule has 0 saturated heterocycles. The molecule has 3 N–H and O–H groups in total. The summed E-state index contributed by atoms with van der Waals surface area (Å²) in [6, 6.07) is 5.90. The molecule has 1 aromatic carbocycles. The van der Waals surface area contributed by atoms with Gasteiger partial charge < -0.3 is 20.7 Å². The molecule has 0 radical (unpaired) electrons. The number of nitrogens with one attached hydrogen (secondary N) is 3. The number of hydrogen-bond donors (Lipinski definition) is 3. The van der Waals surface area contributed by atoms with Crippen LogP contribution >= 0.6 is 0 Å². The SMILES string of the molecule is CC(C)C(NC(=O)CCCCCN1C(=O)C=CC1=O)C(=O)NCC(=O)Nc1ccc(COC=O)cc1. The molecule has 0 aromatic heterocycles. The Hall–Kier alpha value is -4.02. The standard InChI is InChI=1S/C25H32N4O7/c1-17(2)24(28-20(31)6-4-3-5-13-29-22(33)11-12-23(29)34)25(35)26-14-21(32)27-19-9-7-18(8-10-19)15-36-16-30/h7-12,16-17,24H,3-6,13-15H2,1-2H3,(H,26,35)(H,27,32)(H,28,31). The number of ether oxygens (including phenoxy) is 1. The fourth-order valence-corrected chi connectivity index (χ4v) is 3.46. The van der Waals surface area contributed by atoms with E-state index in [0.29, 0.717) is 38.0 Å². The lowest BCUT2D eigenvalue weighted by Gasteiger charge is -2.21. The summed E-state index contributed by atoms with van der Waals surface area (Å²) in [5, 5.41) is 7.91. The normalized spacial score (nSPS) is 13.5. The van der Waals surface area contributed by atoms with Gasteiger partial charge in [0.05, 0.1) is 6.54 Å². The number of carbonyl (C=O) groups excluding carboxylic acids is 6. The molecule has 1 unspecified atom stereocenters. The van der Waals surface area contributed by atoms with Crippen molar-refractivity contribution < 1.29 is 33.5 Å². The van der Waals surface area contributed by atoms with Crippen LogP contribution in [0.15, 0.2) is 36.4 Å². The van der Waals surface area contributed by atoms with Crippen LogP contribution in [0, 0.1) is 5.92 Å². The van der Waals surface area contributed by atoms with Crippen molar-refractivity contribution in [3.8, 4) is 0 Å². The fraction of sp³-hybridized carbons (Fsp3) is 0.440. The molecule has 1 aliphatic rings. The Kier molecular flexibility index (Phi) is 11.3. The van der Waals surface area contributed by atoms with E-state index in [9.17, 15) is 28.8 Å². The van der Waals surface area contributed by atoms with Gasteiger partial charge in [0.15, 0.2) is 0 Å². The second kappa shape index (κ2) is 14.4. The molecule has 11 heteroatoms. The Morgan fingerprint density at radius 2 is 1.64 bits per heavy atom. The average Bonchev–Trinajstić information content (AvgIpc) is 3.17. The van der Waals surface area contributed by atoms with Crippen LogP contribution in [-0.4, -0.2) is 60.0 Å². The number of imide groups is 1. The van der Waals surface area contributed by atoms with Crippen molar-refractivity contribution in [1.82, 2.24) is 15.5 Å². The smallest absolute Gasteiger partial charge is 0.293 e. The van der Waals surface area contributed by atoms with Crippen molar-refractivity contribution in [2.45, 2.75) is 52.2 Å². The minimum absolute atomic E-state index is 0.133. The van der Waals surface area contributed by atoms with Gasteiger partial charge in [0, 0.05) is 30.8 Å². The van der Waals surface area contributed by atoms with Crippen LogP contribution < -0.4 is 16.0 Å². The van der Waals surface area contributed by atoms with Gasteiger partial charge in [-0.1, -0.05) is 32.4 Å². The van der Waals surface area contributed by atoms with E-state index in [4.69, 9.17) is 0 Å². The monoisotopic (exact) mass is 500 g/mol. The summed E-state index contributed by atoms with van der Waals surface area (Å²) in [6.45, 7) is 4.11. The number of carbonyl (C=O) groups is 6. The first-order valence-corrected chi connectivity index (χ1v) is 11.8. The van der Waals surface area contributed by atoms with E-state index in [1.165, 1.54) is 12.2 Å². The van der Waals surface area contributed by atoms with Gasteiger partial charge >= 0.3 is 0 Å². The Balaban J connectivity index is 1.69. The fourth-order valence-electron chi connectivity index (χ4n) is 3.46. The molecule has 0 bridgehead atoms. The molecule has 5 amide bonds. The minimum Gasteiger partial charge on any atom is -0.463 e. The molecule has 0 saturated carbocycles. The summed E-state index contributed by atoms with van der Waals surface area (Å²) in [7, 11) is 0. The number of anilines is 1. The highest BCUT2D eigenvalue weighted by atomic mass is 16.5. The molecule has 1 aromatic rings. The third kappa shape index (κ3) is 9.32. The van der Waals surface area contributed by atoms with Crippen molar-refractivity contribution in [2.75, 3.05) is 18.4 Å². The molecule has 11 nitrogen and oxygen atoms in total. The molecule has 0 fully saturated rings. The second-order valence-corrected chi connectivity index (χ2v) is 8.63. The first kappa shape index (κ1) is 28.2. The molecular weight excluding hydrogens is 468 g/mol. The number of nitrogens with zero attached hydrogens (tertiary/aromatic N) is 1. The Bertz CT molecular complexity index is 971. The lowest BCUT2D eigenvalue weighted by atomic mass is 10.0. The highest BCUT2D eigenvalue weighted by Crippen LogP contribution is 2.11. The van der Waals surface area contributed by atoms with Gasteiger partial charge in [-0.2, -0.15) is 0 Å². The summed E-state index contributed by atoms with van der Waals surface area (Å²) in [4.78, 5) is 71.5. The molecule has 0 aliphatic carbocycles. The molecule has 194 valence electrons. The average molecular weight is 501 g/mol. The number of benzene rings is 1. The second-order valence-electron chi connectivity index (χ2n) is 8.63. The maximum atomic E-state index is 12.6. The zero-order valence-corrected chi connectivity index (χ0v) is 20.5. The molecular formula is C25H32N4O7. The van der Waals surface area contributed by atoms with E-state index in [0.717, 1.165) is 10.5 Å². The highest BCUT2D eigenvalue weighted by Gasteiger charge is 2.25. The van der Waals surface area contributed by atoms with Gasteiger partial charge in [-0.3, -0.25) is 33.7 Å². The molecule has 1 aliphatic heterocycles. The lowest BCUT2D eigenvalue weighted by Crippen LogP contribution is -2.51. The maximum Gasteiger partial charge on any atom is 0.293 e. The van der Waals surface area contributed by atoms with Crippen molar-refractivity contribution >= 4 is 41.7 Å². The van der Waals surface area contributed by atoms with Crippen LogP contribution in [0.5, 0.6) is 0 Å². The zero-order valence-electron chi connectivity index (χ0n) is 20.5. The van der Waals surface area contributed by atoms with Crippen LogP contribution in [-0.2, 0) is 40.1 Å². The Labute approximate surface area is 209 Å². The van der Waals surface area contributed by atoms with Crippen molar-refractivity contribution in [1.29, 1.82) is 0 Å². The van der Waals surface area contributed by atoms with Gasteiger partial charge in [0.1, 0.15) is 12.6 Å². The molecule has 0 spiro atoms. The van der Waals surface area contributed by atoms with Crippen LogP contribution in [0.3, 0.4) is 0 Å². The van der Waals surface area contributed by atoms with Crippen molar-refractivity contribution in [3.05, 3.63) is 42.0 Å². The molecule has 36 heavy (non-hydrogen) atoms. The van der Waals surface area contributed by atoms with Gasteiger partial charge in [-0.05, 0) is 36.5 Å². The van der Waals surface area contributed by atoms with Crippen molar-refractivity contribution in [3.63, 3.8) is 0 Å². The van der Waals surface area contributed by atoms with Crippen LogP contribution in [0.1, 0.15) is 45.1 Å². The zero-order chi connectivity index (χ0) is 26.5. The lowest BCUT2D eigenvalue weighted by molar-refractivity contribution is -0.137. The summed E-state index contributed by atoms with van der Waals surface area (Å²) < 4.78 is 4.66. The first-order valence-electron chi connectivity index (χ1n) is 11.8. The van der Waals surface area contributed by atoms with Gasteiger partial charge in [-0.15, -0.1) is 0 Å². The summed E-state index contributed by atoms with van der Waals surface area (Å²) in [6.07, 6.45) is 4.46. The maximum absolute atomic E-state index is 12.6. The van der Waals surface area contributed by atoms with E-state index < -0.39 is 17.9 Å². The van der Waals surface area contributed by atoms with Crippen LogP contribution in [0.25, 0.3) is 0 Å². The largest absolute Gasteiger partial charge is 0.463 e. The minimum atomic E-state index is -0.798. The summed E-state index contributed by atoms with van der Waals surface area (Å²) in [5.74, 6) is -2.03. The van der Waals surface area contributed by atoms with E-state index >= 15 is 0 Å². The third-order valence-corrected chi connectivity index (χ3v) is 5.43. The van der Waals surface area contributed by atoms with E-state index in [1.807, 2.05) is 0 Å². The molecule has 1 heterocycles. The van der Waals surface area contributed by atoms with Gasteiger partial charge in [0.25, 0.3) is 18.3 Å². The molecule has 1 atom stereocenters. The van der Waals surface area contributed by atoms with Crippen LogP contribution in [0.2, 0.25) is 0 Å². The van der Waals surface area contributed by atoms with Crippen molar-refractivity contribution in [2.24, 2.45) is 5.92 Å². The molecule has 2 rings (SSSR count). The van der Waals surface area contributed by atoms with E-state index in [-0.39, 0.29) is 43.2 Å². The predicted octanol–water partition coefficient (Wildman–Crippen LogP) is 1.04.